The van der Waals surface area contributed by atoms with E-state index in [0.717, 1.165) is 0 Å². The van der Waals surface area contributed by atoms with E-state index in [9.17, 15) is 9.18 Å². The van der Waals surface area contributed by atoms with Crippen molar-refractivity contribution in [3.8, 4) is 5.75 Å². The van der Waals surface area contributed by atoms with Crippen LogP contribution in [0.15, 0.2) is 29.4 Å². The quantitative estimate of drug-likeness (QED) is 0.575. The van der Waals surface area contributed by atoms with Gasteiger partial charge in [-0.25, -0.2) is 4.39 Å². The van der Waals surface area contributed by atoms with Gasteiger partial charge in [-0.3, -0.25) is 4.79 Å². The highest BCUT2D eigenvalue weighted by Crippen LogP contribution is 2.19. The first kappa shape index (κ1) is 16.3. The van der Waals surface area contributed by atoms with Gasteiger partial charge in [0.05, 0.1) is 12.9 Å². The van der Waals surface area contributed by atoms with E-state index in [1.165, 1.54) is 31.0 Å². The van der Waals surface area contributed by atoms with Gasteiger partial charge in [0.25, 0.3) is 0 Å². The fourth-order valence-electron chi connectivity index (χ4n) is 1.71. The van der Waals surface area contributed by atoms with Crippen LogP contribution in [0.2, 0.25) is 0 Å². The first-order valence-corrected chi connectivity index (χ1v) is 7.62. The number of rotatable bonds is 7. The maximum atomic E-state index is 12.8. The second-order valence-corrected chi connectivity index (χ2v) is 5.19. The Morgan fingerprint density at radius 3 is 2.68 bits per heavy atom. The molecule has 0 amide bonds. The normalized spacial score (nSPS) is 10.5. The highest BCUT2D eigenvalue weighted by atomic mass is 32.2. The van der Waals surface area contributed by atoms with E-state index in [2.05, 4.69) is 14.9 Å². The van der Waals surface area contributed by atoms with Crippen molar-refractivity contribution < 1.29 is 18.7 Å². The van der Waals surface area contributed by atoms with Crippen LogP contribution in [0.4, 0.5) is 4.39 Å². The molecule has 0 fully saturated rings. The van der Waals surface area contributed by atoms with Crippen LogP contribution in [0.1, 0.15) is 12.7 Å². The molecular formula is C14H16FN3O3S. The van der Waals surface area contributed by atoms with Gasteiger partial charge in [-0.15, -0.1) is 10.2 Å². The van der Waals surface area contributed by atoms with Gasteiger partial charge in [0.15, 0.2) is 11.0 Å². The number of benzene rings is 1. The third-order valence-electron chi connectivity index (χ3n) is 2.84. The Labute approximate surface area is 131 Å². The molecule has 0 aliphatic rings. The summed E-state index contributed by atoms with van der Waals surface area (Å²) in [6.45, 7) is 2.82. The fraction of sp³-hybridized carbons (Fsp3) is 0.357. The van der Waals surface area contributed by atoms with Gasteiger partial charge in [0.1, 0.15) is 18.2 Å². The lowest BCUT2D eigenvalue weighted by Gasteiger charge is -2.08. The summed E-state index contributed by atoms with van der Waals surface area (Å²) in [7, 11) is 1.34. The maximum absolute atomic E-state index is 12.8. The average Bonchev–Trinajstić information content (AvgIpc) is 2.94. The van der Waals surface area contributed by atoms with Crippen molar-refractivity contribution in [1.82, 2.24) is 14.8 Å². The van der Waals surface area contributed by atoms with Crippen molar-refractivity contribution in [2.24, 2.45) is 0 Å². The zero-order valence-electron chi connectivity index (χ0n) is 12.3. The molecule has 0 unspecified atom stereocenters. The third kappa shape index (κ3) is 4.20. The first-order valence-electron chi connectivity index (χ1n) is 6.64. The Balaban J connectivity index is 2.00. The Morgan fingerprint density at radius 1 is 1.32 bits per heavy atom. The van der Waals surface area contributed by atoms with Crippen LogP contribution in [0.5, 0.6) is 5.75 Å². The van der Waals surface area contributed by atoms with Crippen LogP contribution in [-0.4, -0.2) is 33.6 Å². The van der Waals surface area contributed by atoms with Crippen molar-refractivity contribution in [3.63, 3.8) is 0 Å². The fourth-order valence-corrected chi connectivity index (χ4v) is 2.56. The van der Waals surface area contributed by atoms with Gasteiger partial charge >= 0.3 is 5.97 Å². The van der Waals surface area contributed by atoms with Crippen LogP contribution in [0.3, 0.4) is 0 Å². The monoisotopic (exact) mass is 325 g/mol. The molecule has 8 heteroatoms. The van der Waals surface area contributed by atoms with Crippen LogP contribution >= 0.6 is 11.8 Å². The van der Waals surface area contributed by atoms with E-state index in [1.807, 2.05) is 11.5 Å². The highest BCUT2D eigenvalue weighted by molar-refractivity contribution is 7.99. The van der Waals surface area contributed by atoms with Crippen molar-refractivity contribution in [3.05, 3.63) is 35.9 Å². The summed E-state index contributed by atoms with van der Waals surface area (Å²) in [6, 6.07) is 5.76. The molecule has 2 aromatic rings. The molecule has 22 heavy (non-hydrogen) atoms. The highest BCUT2D eigenvalue weighted by Gasteiger charge is 2.13. The lowest BCUT2D eigenvalue weighted by Crippen LogP contribution is -2.08. The summed E-state index contributed by atoms with van der Waals surface area (Å²) in [5.41, 5.74) is 0. The predicted molar refractivity (Wildman–Crippen MR) is 79.2 cm³/mol. The molecule has 1 heterocycles. The Morgan fingerprint density at radius 2 is 2.05 bits per heavy atom. The summed E-state index contributed by atoms with van der Waals surface area (Å²) in [4.78, 5) is 11.2. The lowest BCUT2D eigenvalue weighted by molar-refractivity contribution is -0.137. The van der Waals surface area contributed by atoms with Gasteiger partial charge in [0.2, 0.25) is 0 Å². The lowest BCUT2D eigenvalue weighted by atomic mass is 10.3. The maximum Gasteiger partial charge on any atom is 0.316 e. The number of aromatic nitrogens is 3. The second kappa shape index (κ2) is 7.79. The van der Waals surface area contributed by atoms with Gasteiger partial charge in [-0.05, 0) is 31.2 Å². The number of esters is 1. The summed E-state index contributed by atoms with van der Waals surface area (Å²) in [5.74, 6) is 0.730. The Hall–Kier alpha value is -2.09. The summed E-state index contributed by atoms with van der Waals surface area (Å²) in [5, 5.41) is 8.74. The van der Waals surface area contributed by atoms with Crippen LogP contribution in [0.25, 0.3) is 0 Å². The molecule has 0 N–H and O–H groups in total. The molecule has 0 saturated carbocycles. The van der Waals surface area contributed by atoms with E-state index in [0.29, 0.717) is 23.3 Å². The van der Waals surface area contributed by atoms with Crippen molar-refractivity contribution in [2.75, 3.05) is 12.9 Å². The molecular weight excluding hydrogens is 309 g/mol. The molecule has 0 aliphatic carbocycles. The van der Waals surface area contributed by atoms with Crippen LogP contribution in [0, 0.1) is 5.82 Å². The minimum Gasteiger partial charge on any atom is -0.486 e. The number of methoxy groups -OCH3 is 1. The van der Waals surface area contributed by atoms with Crippen molar-refractivity contribution in [2.45, 2.75) is 25.2 Å². The minimum atomic E-state index is -0.320. The topological polar surface area (TPSA) is 66.2 Å². The minimum absolute atomic E-state index is 0.174. The van der Waals surface area contributed by atoms with E-state index in [1.54, 1.807) is 12.1 Å². The standard InChI is InChI=1S/C14H16FN3O3S/c1-3-18-12(8-21-11-6-4-10(15)5-7-11)16-17-14(18)22-9-13(19)20-2/h4-7H,3,8-9H2,1-2H3. The molecule has 0 bridgehead atoms. The number of nitrogens with zero attached hydrogens (tertiary/aromatic N) is 3. The largest absolute Gasteiger partial charge is 0.486 e. The zero-order valence-corrected chi connectivity index (χ0v) is 13.1. The van der Waals surface area contributed by atoms with Crippen LogP contribution in [-0.2, 0) is 22.7 Å². The summed E-state index contributed by atoms with van der Waals surface area (Å²) < 4.78 is 24.8. The molecule has 0 spiro atoms. The zero-order chi connectivity index (χ0) is 15.9. The second-order valence-electron chi connectivity index (χ2n) is 4.25. The SMILES string of the molecule is CCn1c(COc2ccc(F)cc2)nnc1SCC(=O)OC. The number of ether oxygens (including phenoxy) is 2. The first-order chi connectivity index (χ1) is 10.6. The van der Waals surface area contributed by atoms with Crippen molar-refractivity contribution >= 4 is 17.7 Å². The molecule has 0 saturated heterocycles. The van der Waals surface area contributed by atoms with Gasteiger partial charge < -0.3 is 14.0 Å². The number of carbonyl (C=O) groups is 1. The molecule has 0 atom stereocenters. The number of hydrogen-bond acceptors (Lipinski definition) is 6. The number of thioether (sulfide) groups is 1. The van der Waals surface area contributed by atoms with Gasteiger partial charge in [0, 0.05) is 6.54 Å². The van der Waals surface area contributed by atoms with Gasteiger partial charge in [-0.1, -0.05) is 11.8 Å². The van der Waals surface area contributed by atoms with E-state index in [-0.39, 0.29) is 24.1 Å². The summed E-state index contributed by atoms with van der Waals surface area (Å²) in [6.07, 6.45) is 0. The Bertz CT molecular complexity index is 631. The van der Waals surface area contributed by atoms with Gasteiger partial charge in [-0.2, -0.15) is 0 Å². The average molecular weight is 325 g/mol. The Kier molecular flexibility index (Phi) is 5.76. The van der Waals surface area contributed by atoms with Crippen LogP contribution < -0.4 is 4.74 Å². The molecule has 0 radical (unpaired) electrons. The number of halogens is 1. The number of carbonyl (C=O) groups excluding carboxylic acids is 1. The summed E-state index contributed by atoms with van der Waals surface area (Å²) >= 11 is 1.26. The van der Waals surface area contributed by atoms with E-state index in [4.69, 9.17) is 4.74 Å². The smallest absolute Gasteiger partial charge is 0.316 e. The molecule has 1 aromatic carbocycles. The molecule has 2 rings (SSSR count). The molecule has 6 nitrogen and oxygen atoms in total. The predicted octanol–water partition coefficient (Wildman–Crippen LogP) is 2.28. The third-order valence-corrected chi connectivity index (χ3v) is 3.78. The molecule has 118 valence electrons. The van der Waals surface area contributed by atoms with E-state index < -0.39 is 0 Å². The molecule has 0 aliphatic heterocycles. The molecule has 1 aromatic heterocycles. The number of hydrogen-bond donors (Lipinski definition) is 0. The van der Waals surface area contributed by atoms with E-state index >= 15 is 0 Å². The van der Waals surface area contributed by atoms with Crippen molar-refractivity contribution in [1.29, 1.82) is 0 Å².